The summed E-state index contributed by atoms with van der Waals surface area (Å²) in [5.41, 5.74) is 0.346. The van der Waals surface area contributed by atoms with Crippen LogP contribution in [0.2, 0.25) is 0 Å². The van der Waals surface area contributed by atoms with Crippen LogP contribution in [0.25, 0.3) is 0 Å². The van der Waals surface area contributed by atoms with Crippen LogP contribution in [0.5, 0.6) is 5.75 Å². The van der Waals surface area contributed by atoms with Crippen LogP contribution in [-0.2, 0) is 9.53 Å². The third-order valence-corrected chi connectivity index (χ3v) is 5.36. The van der Waals surface area contributed by atoms with Crippen molar-refractivity contribution >= 4 is 11.9 Å². The highest BCUT2D eigenvalue weighted by Crippen LogP contribution is 2.38. The minimum absolute atomic E-state index is 0.0910. The van der Waals surface area contributed by atoms with Crippen LogP contribution in [0.1, 0.15) is 23.2 Å². The standard InChI is InChI=1S/C24H25FO7/c25-16-6-9-18(10-7-16)31-14-17(26)8-11-19-20(12-23(28)29)21(27)13-22(19)32-24(30)15-4-2-1-3-5-15/h1-11,17,19-22,26-27H,12-14H2,(H,28,29)/t17-,19-,20-,21+,22-/m1/s1. The maximum Gasteiger partial charge on any atom is 0.338 e. The average molecular weight is 444 g/mol. The lowest BCUT2D eigenvalue weighted by atomic mass is 9.90. The number of ether oxygens (including phenoxy) is 2. The van der Waals surface area contributed by atoms with E-state index in [2.05, 4.69) is 0 Å². The van der Waals surface area contributed by atoms with Gasteiger partial charge >= 0.3 is 11.9 Å². The van der Waals surface area contributed by atoms with Crippen molar-refractivity contribution in [2.24, 2.45) is 11.8 Å². The number of aliphatic carboxylic acids is 1. The van der Waals surface area contributed by atoms with Crippen molar-refractivity contribution in [3.05, 3.63) is 78.1 Å². The SMILES string of the molecule is O=C(O)C[C@@H]1[C@@H](C=C[C@@H](O)COc2ccc(F)cc2)[C@H](OC(=O)c2ccccc2)C[C@@H]1O. The third kappa shape index (κ3) is 6.38. The molecule has 0 unspecified atom stereocenters. The number of carbonyl (C=O) groups excluding carboxylic acids is 1. The molecule has 0 amide bonds. The Morgan fingerprint density at radius 3 is 2.47 bits per heavy atom. The second-order valence-electron chi connectivity index (χ2n) is 7.67. The van der Waals surface area contributed by atoms with E-state index in [0.717, 1.165) is 0 Å². The summed E-state index contributed by atoms with van der Waals surface area (Å²) in [6, 6.07) is 13.7. The van der Waals surface area contributed by atoms with Crippen molar-refractivity contribution in [3.63, 3.8) is 0 Å². The molecule has 0 aromatic heterocycles. The Kier molecular flexibility index (Phi) is 7.97. The van der Waals surface area contributed by atoms with Gasteiger partial charge in [0.15, 0.2) is 0 Å². The number of esters is 1. The van der Waals surface area contributed by atoms with Crippen molar-refractivity contribution < 1.29 is 38.8 Å². The first-order valence-electron chi connectivity index (χ1n) is 10.2. The van der Waals surface area contributed by atoms with E-state index in [9.17, 15) is 29.3 Å². The topological polar surface area (TPSA) is 113 Å². The molecule has 0 aliphatic heterocycles. The Bertz CT molecular complexity index is 929. The minimum atomic E-state index is -1.08. The molecule has 1 fully saturated rings. The Hall–Kier alpha value is -3.23. The van der Waals surface area contributed by atoms with Gasteiger partial charge in [0.05, 0.1) is 18.1 Å². The predicted molar refractivity (Wildman–Crippen MR) is 113 cm³/mol. The molecular formula is C24H25FO7. The molecule has 0 bridgehead atoms. The Balaban J connectivity index is 1.67. The summed E-state index contributed by atoms with van der Waals surface area (Å²) < 4.78 is 23.9. The molecule has 8 heteroatoms. The van der Waals surface area contributed by atoms with Crippen molar-refractivity contribution in [1.82, 2.24) is 0 Å². The summed E-state index contributed by atoms with van der Waals surface area (Å²) >= 11 is 0. The van der Waals surface area contributed by atoms with Gasteiger partial charge in [0.2, 0.25) is 0 Å². The van der Waals surface area contributed by atoms with Crippen LogP contribution in [0, 0.1) is 17.7 Å². The number of aliphatic hydroxyl groups is 2. The van der Waals surface area contributed by atoms with Gasteiger partial charge in [-0.1, -0.05) is 30.4 Å². The molecule has 2 aromatic rings. The van der Waals surface area contributed by atoms with Gasteiger partial charge in [-0.3, -0.25) is 4.79 Å². The number of rotatable bonds is 9. The predicted octanol–water partition coefficient (Wildman–Crippen LogP) is 2.82. The summed E-state index contributed by atoms with van der Waals surface area (Å²) in [5.74, 6) is -2.96. The highest BCUT2D eigenvalue weighted by atomic mass is 19.1. The fraction of sp³-hybridized carbons (Fsp3) is 0.333. The molecule has 7 nitrogen and oxygen atoms in total. The molecule has 32 heavy (non-hydrogen) atoms. The summed E-state index contributed by atoms with van der Waals surface area (Å²) in [5, 5.41) is 29.9. The zero-order chi connectivity index (χ0) is 23.1. The maximum atomic E-state index is 13.0. The van der Waals surface area contributed by atoms with E-state index in [1.165, 1.54) is 30.3 Å². The van der Waals surface area contributed by atoms with E-state index in [1.807, 2.05) is 0 Å². The van der Waals surface area contributed by atoms with Gasteiger partial charge in [0.25, 0.3) is 0 Å². The molecule has 2 aromatic carbocycles. The Labute approximate surface area is 184 Å². The van der Waals surface area contributed by atoms with E-state index >= 15 is 0 Å². The van der Waals surface area contributed by atoms with Crippen molar-refractivity contribution in [1.29, 1.82) is 0 Å². The molecule has 5 atom stereocenters. The average Bonchev–Trinajstić information content (AvgIpc) is 3.05. The number of hydrogen-bond donors (Lipinski definition) is 3. The van der Waals surface area contributed by atoms with E-state index < -0.39 is 47.9 Å². The molecule has 3 rings (SSSR count). The summed E-state index contributed by atoms with van der Waals surface area (Å²) in [6.07, 6.45) is 0.000578. The second-order valence-corrected chi connectivity index (χ2v) is 7.67. The van der Waals surface area contributed by atoms with Crippen LogP contribution >= 0.6 is 0 Å². The number of carboxylic acid groups (broad SMARTS) is 1. The maximum absolute atomic E-state index is 13.0. The van der Waals surface area contributed by atoms with E-state index in [0.29, 0.717) is 11.3 Å². The molecule has 0 heterocycles. The van der Waals surface area contributed by atoms with Gasteiger partial charge in [-0.15, -0.1) is 0 Å². The first kappa shape index (κ1) is 23.4. The third-order valence-electron chi connectivity index (χ3n) is 5.36. The fourth-order valence-corrected chi connectivity index (χ4v) is 3.77. The molecule has 1 saturated carbocycles. The van der Waals surface area contributed by atoms with Gasteiger partial charge in [0.1, 0.15) is 30.4 Å². The molecule has 3 N–H and O–H groups in total. The molecule has 1 aliphatic rings. The first-order valence-corrected chi connectivity index (χ1v) is 10.2. The highest BCUT2D eigenvalue weighted by Gasteiger charge is 2.44. The normalized spacial score (nSPS) is 23.7. The van der Waals surface area contributed by atoms with Crippen LogP contribution < -0.4 is 4.74 Å². The zero-order valence-corrected chi connectivity index (χ0v) is 17.2. The molecule has 170 valence electrons. The lowest BCUT2D eigenvalue weighted by Gasteiger charge is -2.22. The van der Waals surface area contributed by atoms with Crippen LogP contribution in [0.3, 0.4) is 0 Å². The summed E-state index contributed by atoms with van der Waals surface area (Å²) in [4.78, 5) is 23.7. The Morgan fingerprint density at radius 1 is 1.12 bits per heavy atom. The van der Waals surface area contributed by atoms with Gasteiger partial charge in [-0.2, -0.15) is 0 Å². The van der Waals surface area contributed by atoms with Crippen LogP contribution in [-0.4, -0.2) is 52.2 Å². The fourth-order valence-electron chi connectivity index (χ4n) is 3.77. The zero-order valence-electron chi connectivity index (χ0n) is 17.2. The summed E-state index contributed by atoms with van der Waals surface area (Å²) in [6.45, 7) is -0.116. The van der Waals surface area contributed by atoms with Crippen molar-refractivity contribution in [2.75, 3.05) is 6.61 Å². The van der Waals surface area contributed by atoms with Gasteiger partial charge in [-0.25, -0.2) is 9.18 Å². The van der Waals surface area contributed by atoms with E-state index in [1.54, 1.807) is 36.4 Å². The highest BCUT2D eigenvalue weighted by molar-refractivity contribution is 5.89. The number of halogens is 1. The summed E-state index contributed by atoms with van der Waals surface area (Å²) in [7, 11) is 0. The number of hydrogen-bond acceptors (Lipinski definition) is 6. The number of benzene rings is 2. The molecule has 0 spiro atoms. The van der Waals surface area contributed by atoms with Crippen LogP contribution in [0.4, 0.5) is 4.39 Å². The van der Waals surface area contributed by atoms with Gasteiger partial charge in [0, 0.05) is 18.3 Å². The number of carboxylic acids is 1. The van der Waals surface area contributed by atoms with E-state index in [4.69, 9.17) is 9.47 Å². The lowest BCUT2D eigenvalue weighted by Crippen LogP contribution is -2.27. The second kappa shape index (κ2) is 10.9. The van der Waals surface area contributed by atoms with Gasteiger partial charge < -0.3 is 24.8 Å². The first-order chi connectivity index (χ1) is 15.3. The smallest absolute Gasteiger partial charge is 0.338 e. The molecular weight excluding hydrogens is 419 g/mol. The largest absolute Gasteiger partial charge is 0.491 e. The van der Waals surface area contributed by atoms with Gasteiger partial charge in [-0.05, 0) is 36.4 Å². The monoisotopic (exact) mass is 444 g/mol. The lowest BCUT2D eigenvalue weighted by molar-refractivity contribution is -0.139. The number of aliphatic hydroxyl groups excluding tert-OH is 2. The minimum Gasteiger partial charge on any atom is -0.491 e. The quantitative estimate of drug-likeness (QED) is 0.403. The van der Waals surface area contributed by atoms with Crippen molar-refractivity contribution in [3.8, 4) is 5.75 Å². The molecule has 0 radical (unpaired) electrons. The van der Waals surface area contributed by atoms with Crippen LogP contribution in [0.15, 0.2) is 66.7 Å². The molecule has 0 saturated heterocycles. The van der Waals surface area contributed by atoms with Crippen molar-refractivity contribution in [2.45, 2.75) is 31.2 Å². The number of carbonyl (C=O) groups is 2. The van der Waals surface area contributed by atoms with E-state index in [-0.39, 0.29) is 19.4 Å². The molecule has 1 aliphatic carbocycles. The Morgan fingerprint density at radius 2 is 1.81 bits per heavy atom.